The maximum absolute atomic E-state index is 12.2. The van der Waals surface area contributed by atoms with Gasteiger partial charge < -0.3 is 15.2 Å². The highest BCUT2D eigenvalue weighted by molar-refractivity contribution is 5.91. The van der Waals surface area contributed by atoms with Crippen LogP contribution in [0.3, 0.4) is 0 Å². The number of nitrogens with zero attached hydrogens (tertiary/aromatic N) is 3. The quantitative estimate of drug-likeness (QED) is 0.779. The molecule has 1 amide bonds. The van der Waals surface area contributed by atoms with Gasteiger partial charge in [0, 0.05) is 32.0 Å². The number of hydrogen-bond donors (Lipinski definition) is 1. The van der Waals surface area contributed by atoms with Crippen LogP contribution in [0.15, 0.2) is 12.4 Å². The fraction of sp³-hybridized carbons (Fsp3) is 0.636. The first-order valence-electron chi connectivity index (χ1n) is 5.61. The van der Waals surface area contributed by atoms with Crippen LogP contribution in [-0.4, -0.2) is 39.5 Å². The molecule has 0 saturated carbocycles. The Morgan fingerprint density at radius 3 is 2.94 bits per heavy atom. The summed E-state index contributed by atoms with van der Waals surface area (Å²) in [5, 5.41) is 0. The van der Waals surface area contributed by atoms with E-state index in [4.69, 9.17) is 5.73 Å². The van der Waals surface area contributed by atoms with Crippen LogP contribution in [-0.2, 0) is 7.05 Å². The lowest BCUT2D eigenvalue weighted by atomic mass is 10.1. The number of amides is 1. The number of likely N-dealkylation sites (tertiary alicyclic amines) is 1. The van der Waals surface area contributed by atoms with Gasteiger partial charge in [0.25, 0.3) is 5.91 Å². The first-order chi connectivity index (χ1) is 7.63. The molecule has 88 valence electrons. The summed E-state index contributed by atoms with van der Waals surface area (Å²) in [5.74, 6) is 0.944. The number of aromatic nitrogens is 2. The van der Waals surface area contributed by atoms with Crippen molar-refractivity contribution in [2.75, 3.05) is 13.1 Å². The van der Waals surface area contributed by atoms with E-state index in [1.807, 2.05) is 11.9 Å². The second-order valence-corrected chi connectivity index (χ2v) is 4.51. The minimum Gasteiger partial charge on any atom is -0.333 e. The zero-order chi connectivity index (χ0) is 11.7. The Morgan fingerprint density at radius 1 is 1.69 bits per heavy atom. The van der Waals surface area contributed by atoms with Crippen molar-refractivity contribution in [2.45, 2.75) is 19.4 Å². The average molecular weight is 222 g/mol. The molecule has 0 radical (unpaired) electrons. The molecule has 0 bridgehead atoms. The van der Waals surface area contributed by atoms with E-state index in [-0.39, 0.29) is 11.9 Å². The van der Waals surface area contributed by atoms with Crippen molar-refractivity contribution in [2.24, 2.45) is 18.7 Å². The molecular weight excluding hydrogens is 204 g/mol. The lowest BCUT2D eigenvalue weighted by Crippen LogP contribution is -2.35. The Kier molecular flexibility index (Phi) is 2.96. The molecule has 1 saturated heterocycles. The molecule has 0 aromatic carbocycles. The van der Waals surface area contributed by atoms with E-state index in [0.717, 1.165) is 13.0 Å². The van der Waals surface area contributed by atoms with Crippen LogP contribution in [0.5, 0.6) is 0 Å². The van der Waals surface area contributed by atoms with Crippen molar-refractivity contribution in [1.82, 2.24) is 14.5 Å². The summed E-state index contributed by atoms with van der Waals surface area (Å²) >= 11 is 0. The topological polar surface area (TPSA) is 64.2 Å². The molecular formula is C11H18N4O. The summed E-state index contributed by atoms with van der Waals surface area (Å²) < 4.78 is 1.75. The van der Waals surface area contributed by atoms with Crippen molar-refractivity contribution >= 4 is 5.91 Å². The summed E-state index contributed by atoms with van der Waals surface area (Å²) in [4.78, 5) is 18.2. The molecule has 2 rings (SSSR count). The van der Waals surface area contributed by atoms with Gasteiger partial charge in [-0.2, -0.15) is 0 Å². The predicted octanol–water partition coefficient (Wildman–Crippen LogP) is 0.229. The molecule has 5 heteroatoms. The predicted molar refractivity (Wildman–Crippen MR) is 60.9 cm³/mol. The maximum atomic E-state index is 12.2. The molecule has 2 unspecified atom stereocenters. The third kappa shape index (κ3) is 1.82. The monoisotopic (exact) mass is 222 g/mol. The van der Waals surface area contributed by atoms with Crippen molar-refractivity contribution in [3.8, 4) is 0 Å². The number of carbonyl (C=O) groups excluding carboxylic acids is 1. The Hall–Kier alpha value is -1.36. The van der Waals surface area contributed by atoms with Gasteiger partial charge in [0.15, 0.2) is 5.82 Å². The van der Waals surface area contributed by atoms with Crippen LogP contribution in [0.1, 0.15) is 24.0 Å². The zero-order valence-electron chi connectivity index (χ0n) is 9.76. The molecule has 1 aromatic rings. The van der Waals surface area contributed by atoms with Crippen LogP contribution in [0, 0.1) is 5.92 Å². The molecule has 1 aliphatic rings. The van der Waals surface area contributed by atoms with Crippen molar-refractivity contribution in [3.05, 3.63) is 18.2 Å². The average Bonchev–Trinajstić information content (AvgIpc) is 2.83. The van der Waals surface area contributed by atoms with Crippen LogP contribution in [0.2, 0.25) is 0 Å². The van der Waals surface area contributed by atoms with Gasteiger partial charge >= 0.3 is 0 Å². The number of aryl methyl sites for hydroxylation is 1. The Balaban J connectivity index is 2.14. The number of rotatable bonds is 2. The molecule has 1 aliphatic heterocycles. The van der Waals surface area contributed by atoms with Crippen LogP contribution < -0.4 is 5.73 Å². The number of nitrogens with two attached hydrogens (primary N) is 1. The van der Waals surface area contributed by atoms with Gasteiger partial charge in [0.1, 0.15) is 0 Å². The second kappa shape index (κ2) is 4.25. The van der Waals surface area contributed by atoms with Gasteiger partial charge in [-0.25, -0.2) is 4.98 Å². The van der Waals surface area contributed by atoms with Gasteiger partial charge in [-0.15, -0.1) is 0 Å². The minimum absolute atomic E-state index is 0.0101. The fourth-order valence-electron chi connectivity index (χ4n) is 2.30. The SMILES string of the molecule is CC1CC(CN)CN1C(=O)c1nccn1C. The van der Waals surface area contributed by atoms with Gasteiger partial charge in [-0.1, -0.05) is 0 Å². The van der Waals surface area contributed by atoms with Crippen LogP contribution in [0.25, 0.3) is 0 Å². The molecule has 16 heavy (non-hydrogen) atoms. The molecule has 0 spiro atoms. The fourth-order valence-corrected chi connectivity index (χ4v) is 2.30. The Bertz CT molecular complexity index is 387. The molecule has 2 heterocycles. The highest BCUT2D eigenvalue weighted by Gasteiger charge is 2.33. The summed E-state index contributed by atoms with van der Waals surface area (Å²) in [6.07, 6.45) is 4.43. The Morgan fingerprint density at radius 2 is 2.44 bits per heavy atom. The van der Waals surface area contributed by atoms with Gasteiger partial charge in [-0.05, 0) is 25.8 Å². The smallest absolute Gasteiger partial charge is 0.290 e. The summed E-state index contributed by atoms with van der Waals surface area (Å²) in [7, 11) is 1.83. The van der Waals surface area contributed by atoms with Crippen molar-refractivity contribution < 1.29 is 4.79 Å². The lowest BCUT2D eigenvalue weighted by molar-refractivity contribution is 0.0727. The first-order valence-corrected chi connectivity index (χ1v) is 5.61. The van der Waals surface area contributed by atoms with E-state index < -0.39 is 0 Å². The first kappa shape index (κ1) is 11.1. The highest BCUT2D eigenvalue weighted by Crippen LogP contribution is 2.23. The van der Waals surface area contributed by atoms with E-state index in [9.17, 15) is 4.79 Å². The van der Waals surface area contributed by atoms with Crippen molar-refractivity contribution in [1.29, 1.82) is 0 Å². The third-order valence-electron chi connectivity index (χ3n) is 3.27. The number of imidazole rings is 1. The lowest BCUT2D eigenvalue weighted by Gasteiger charge is -2.20. The molecule has 5 nitrogen and oxygen atoms in total. The van der Waals surface area contributed by atoms with Crippen LogP contribution >= 0.6 is 0 Å². The van der Waals surface area contributed by atoms with Crippen LogP contribution in [0.4, 0.5) is 0 Å². The third-order valence-corrected chi connectivity index (χ3v) is 3.27. The standard InChI is InChI=1S/C11H18N4O/c1-8-5-9(6-12)7-15(8)11(16)10-13-3-4-14(10)2/h3-4,8-9H,5-7,12H2,1-2H3. The number of hydrogen-bond acceptors (Lipinski definition) is 3. The van der Waals surface area contributed by atoms with Gasteiger partial charge in [0.05, 0.1) is 0 Å². The summed E-state index contributed by atoms with van der Waals surface area (Å²) in [6.45, 7) is 3.47. The zero-order valence-corrected chi connectivity index (χ0v) is 9.76. The molecule has 2 atom stereocenters. The van der Waals surface area contributed by atoms with Gasteiger partial charge in [-0.3, -0.25) is 4.79 Å². The second-order valence-electron chi connectivity index (χ2n) is 4.51. The molecule has 1 aromatic heterocycles. The van der Waals surface area contributed by atoms with E-state index in [1.165, 1.54) is 0 Å². The molecule has 2 N–H and O–H groups in total. The summed E-state index contributed by atoms with van der Waals surface area (Å²) in [5.41, 5.74) is 5.65. The molecule has 1 fully saturated rings. The summed E-state index contributed by atoms with van der Waals surface area (Å²) in [6, 6.07) is 0.262. The van der Waals surface area contributed by atoms with E-state index in [1.54, 1.807) is 17.0 Å². The van der Waals surface area contributed by atoms with Crippen molar-refractivity contribution in [3.63, 3.8) is 0 Å². The van der Waals surface area contributed by atoms with E-state index in [0.29, 0.717) is 18.3 Å². The molecule has 0 aliphatic carbocycles. The number of carbonyl (C=O) groups is 1. The minimum atomic E-state index is 0.0101. The normalized spacial score (nSPS) is 25.1. The largest absolute Gasteiger partial charge is 0.333 e. The maximum Gasteiger partial charge on any atom is 0.290 e. The van der Waals surface area contributed by atoms with Gasteiger partial charge in [0.2, 0.25) is 0 Å². The van der Waals surface area contributed by atoms with E-state index >= 15 is 0 Å². The highest BCUT2D eigenvalue weighted by atomic mass is 16.2. The Labute approximate surface area is 95.2 Å². The van der Waals surface area contributed by atoms with E-state index in [2.05, 4.69) is 11.9 Å².